The lowest BCUT2D eigenvalue weighted by Crippen LogP contribution is -2.44. The molecule has 27 heavy (non-hydrogen) atoms. The Labute approximate surface area is 166 Å². The Morgan fingerprint density at radius 3 is 3.15 bits per heavy atom. The number of nitrogens with one attached hydrogen (secondary N) is 1. The maximum absolute atomic E-state index is 14.9. The Kier molecular flexibility index (Phi) is 4.99. The lowest BCUT2D eigenvalue weighted by Gasteiger charge is -2.39. The third-order valence-corrected chi connectivity index (χ3v) is 6.75. The molecular formula is C19H20ClFN4OS. The van der Waals surface area contributed by atoms with Crippen LogP contribution in [0.1, 0.15) is 36.0 Å². The van der Waals surface area contributed by atoms with E-state index in [2.05, 4.69) is 10.3 Å². The lowest BCUT2D eigenvalue weighted by atomic mass is 9.76. The van der Waals surface area contributed by atoms with E-state index in [1.54, 1.807) is 30.0 Å². The molecule has 142 valence electrons. The van der Waals surface area contributed by atoms with Gasteiger partial charge in [0, 0.05) is 30.3 Å². The largest absolute Gasteiger partial charge is 0.379 e. The van der Waals surface area contributed by atoms with Crippen LogP contribution in [0.4, 0.5) is 4.39 Å². The van der Waals surface area contributed by atoms with E-state index >= 15 is 0 Å². The number of thioether (sulfide) groups is 1. The number of allylic oxidation sites excluding steroid dienone is 2. The van der Waals surface area contributed by atoms with Gasteiger partial charge < -0.3 is 11.1 Å². The number of alkyl halides is 1. The van der Waals surface area contributed by atoms with Crippen molar-refractivity contribution in [1.29, 1.82) is 0 Å². The molecular weight excluding hydrogens is 387 g/mol. The number of nitrogens with zero attached hydrogens (tertiary/aromatic N) is 2. The number of fused-ring (bicyclic) bond motifs is 1. The first-order valence-corrected chi connectivity index (χ1v) is 10.3. The van der Waals surface area contributed by atoms with Crippen LogP contribution in [0.3, 0.4) is 0 Å². The van der Waals surface area contributed by atoms with Crippen molar-refractivity contribution in [3.05, 3.63) is 52.5 Å². The van der Waals surface area contributed by atoms with Crippen LogP contribution in [-0.4, -0.2) is 33.5 Å². The SMILES string of the molecule is NC1=N[C@@]2(C3=CC(NC(=O)c4ccncc4Cl)=CCC3F)CCCC2CS1. The van der Waals surface area contributed by atoms with Gasteiger partial charge in [-0.3, -0.25) is 14.8 Å². The molecule has 3 atom stereocenters. The molecule has 1 fully saturated rings. The van der Waals surface area contributed by atoms with Gasteiger partial charge in [-0.25, -0.2) is 4.39 Å². The van der Waals surface area contributed by atoms with Crippen LogP contribution in [0, 0.1) is 5.92 Å². The van der Waals surface area contributed by atoms with Crippen LogP contribution in [0.5, 0.6) is 0 Å². The highest BCUT2D eigenvalue weighted by atomic mass is 35.5. The Hall–Kier alpha value is -1.86. The zero-order valence-corrected chi connectivity index (χ0v) is 16.2. The molecule has 1 amide bonds. The van der Waals surface area contributed by atoms with Gasteiger partial charge in [0.25, 0.3) is 5.91 Å². The lowest BCUT2D eigenvalue weighted by molar-refractivity contribution is 0.0966. The topological polar surface area (TPSA) is 80.4 Å². The average Bonchev–Trinajstić information content (AvgIpc) is 3.07. The number of rotatable bonds is 3. The van der Waals surface area contributed by atoms with Gasteiger partial charge in [0.1, 0.15) is 6.17 Å². The maximum atomic E-state index is 14.9. The van der Waals surface area contributed by atoms with E-state index in [0.717, 1.165) is 25.0 Å². The van der Waals surface area contributed by atoms with Gasteiger partial charge >= 0.3 is 0 Å². The third-order valence-electron chi connectivity index (χ3n) is 5.50. The summed E-state index contributed by atoms with van der Waals surface area (Å²) in [5.74, 6) is 0.797. The molecule has 0 saturated heterocycles. The van der Waals surface area contributed by atoms with Gasteiger partial charge in [-0.2, -0.15) is 0 Å². The van der Waals surface area contributed by atoms with Crippen LogP contribution in [0.2, 0.25) is 5.02 Å². The fourth-order valence-corrected chi connectivity index (χ4v) is 5.45. The van der Waals surface area contributed by atoms with Crippen LogP contribution in [0.15, 0.2) is 46.9 Å². The number of amides is 1. The number of amidine groups is 1. The Morgan fingerprint density at radius 2 is 2.33 bits per heavy atom. The zero-order chi connectivity index (χ0) is 19.0. The molecule has 0 spiro atoms. The van der Waals surface area contributed by atoms with E-state index in [9.17, 15) is 9.18 Å². The molecule has 8 heteroatoms. The van der Waals surface area contributed by atoms with Gasteiger partial charge in [-0.1, -0.05) is 35.9 Å². The highest BCUT2D eigenvalue weighted by Gasteiger charge is 2.50. The minimum atomic E-state index is -1.12. The van der Waals surface area contributed by atoms with Crippen molar-refractivity contribution in [2.45, 2.75) is 37.4 Å². The Balaban J connectivity index is 1.63. The van der Waals surface area contributed by atoms with Crippen LogP contribution in [0.25, 0.3) is 0 Å². The van der Waals surface area contributed by atoms with Crippen molar-refractivity contribution in [3.63, 3.8) is 0 Å². The van der Waals surface area contributed by atoms with E-state index < -0.39 is 11.7 Å². The summed E-state index contributed by atoms with van der Waals surface area (Å²) in [5.41, 5.74) is 6.95. The molecule has 0 aromatic carbocycles. The van der Waals surface area contributed by atoms with Crippen molar-refractivity contribution in [2.24, 2.45) is 16.6 Å². The van der Waals surface area contributed by atoms with Gasteiger partial charge in [-0.15, -0.1) is 0 Å². The molecule has 1 aromatic rings. The molecule has 0 radical (unpaired) electrons. The van der Waals surface area contributed by atoms with Crippen LogP contribution in [-0.2, 0) is 0 Å². The molecule has 5 nitrogen and oxygen atoms in total. The number of hydrogen-bond acceptors (Lipinski definition) is 5. The first-order chi connectivity index (χ1) is 13.0. The van der Waals surface area contributed by atoms with Gasteiger partial charge in [0.05, 0.1) is 16.1 Å². The van der Waals surface area contributed by atoms with E-state index in [4.69, 9.17) is 22.3 Å². The second kappa shape index (κ2) is 7.28. The van der Waals surface area contributed by atoms with Crippen molar-refractivity contribution >= 4 is 34.4 Å². The second-order valence-corrected chi connectivity index (χ2v) is 8.49. The van der Waals surface area contributed by atoms with Gasteiger partial charge in [-0.05, 0) is 36.5 Å². The van der Waals surface area contributed by atoms with Gasteiger partial charge in [0.15, 0.2) is 5.17 Å². The number of carbonyl (C=O) groups excluding carboxylic acids is 1. The van der Waals surface area contributed by atoms with Crippen molar-refractivity contribution in [2.75, 3.05) is 5.75 Å². The number of aliphatic imine (C=N–C) groups is 1. The predicted octanol–water partition coefficient (Wildman–Crippen LogP) is 3.62. The quantitative estimate of drug-likeness (QED) is 0.803. The van der Waals surface area contributed by atoms with Crippen LogP contribution >= 0.6 is 23.4 Å². The zero-order valence-electron chi connectivity index (χ0n) is 14.6. The Bertz CT molecular complexity index is 871. The number of pyridine rings is 1. The first kappa shape index (κ1) is 18.5. The normalized spacial score (nSPS) is 30.1. The van der Waals surface area contributed by atoms with Gasteiger partial charge in [0.2, 0.25) is 0 Å². The van der Waals surface area contributed by atoms with E-state index in [1.165, 1.54) is 12.4 Å². The van der Waals surface area contributed by atoms with Crippen molar-refractivity contribution < 1.29 is 9.18 Å². The summed E-state index contributed by atoms with van der Waals surface area (Å²) in [4.78, 5) is 21.1. The molecule has 1 aromatic heterocycles. The molecule has 0 bridgehead atoms. The molecule has 3 aliphatic rings. The molecule has 4 rings (SSSR count). The minimum Gasteiger partial charge on any atom is -0.379 e. The number of hydrogen-bond donors (Lipinski definition) is 2. The van der Waals surface area contributed by atoms with E-state index in [0.29, 0.717) is 22.0 Å². The third kappa shape index (κ3) is 3.38. The molecule has 3 N–H and O–H groups in total. The van der Waals surface area contributed by atoms with Crippen molar-refractivity contribution in [3.8, 4) is 0 Å². The standard InChI is InChI=1S/C19H20ClFN4OS/c20-15-9-23-7-5-13(15)17(26)24-12-3-4-16(21)14(8-12)19-6-1-2-11(19)10-27-18(22)25-19/h3,5,7-9,11,16H,1-2,4,6,10H2,(H2,22,25)(H,24,26)/t11?,16?,19-/m0/s1. The monoisotopic (exact) mass is 406 g/mol. The summed E-state index contributed by atoms with van der Waals surface area (Å²) < 4.78 is 14.9. The molecule has 2 aliphatic carbocycles. The van der Waals surface area contributed by atoms with Crippen LogP contribution < -0.4 is 11.1 Å². The van der Waals surface area contributed by atoms with E-state index in [1.807, 2.05) is 0 Å². The highest BCUT2D eigenvalue weighted by Crippen LogP contribution is 2.50. The Morgan fingerprint density at radius 1 is 1.48 bits per heavy atom. The summed E-state index contributed by atoms with van der Waals surface area (Å²) in [6.45, 7) is 0. The number of halogens is 2. The molecule has 1 aliphatic heterocycles. The minimum absolute atomic E-state index is 0.211. The molecule has 2 unspecified atom stereocenters. The maximum Gasteiger partial charge on any atom is 0.257 e. The summed E-state index contributed by atoms with van der Waals surface area (Å²) in [6, 6.07) is 1.55. The smallest absolute Gasteiger partial charge is 0.257 e. The summed E-state index contributed by atoms with van der Waals surface area (Å²) >= 11 is 7.59. The number of carbonyl (C=O) groups is 1. The summed E-state index contributed by atoms with van der Waals surface area (Å²) in [6.07, 6.45) is 8.29. The molecule has 2 heterocycles. The predicted molar refractivity (Wildman–Crippen MR) is 107 cm³/mol. The number of nitrogens with two attached hydrogens (primary N) is 1. The fraction of sp³-hybridized carbons (Fsp3) is 0.421. The average molecular weight is 407 g/mol. The van der Waals surface area contributed by atoms with Crippen molar-refractivity contribution in [1.82, 2.24) is 10.3 Å². The highest BCUT2D eigenvalue weighted by molar-refractivity contribution is 8.13. The summed E-state index contributed by atoms with van der Waals surface area (Å²) in [5, 5.41) is 3.63. The second-order valence-electron chi connectivity index (χ2n) is 7.05. The van der Waals surface area contributed by atoms with E-state index in [-0.39, 0.29) is 23.3 Å². The number of aromatic nitrogens is 1. The summed E-state index contributed by atoms with van der Waals surface area (Å²) in [7, 11) is 0. The molecule has 1 saturated carbocycles. The fourth-order valence-electron chi connectivity index (χ4n) is 4.20. The first-order valence-electron chi connectivity index (χ1n) is 8.95.